The summed E-state index contributed by atoms with van der Waals surface area (Å²) >= 11 is 0. The summed E-state index contributed by atoms with van der Waals surface area (Å²) in [5, 5.41) is 5.13. The van der Waals surface area contributed by atoms with Crippen molar-refractivity contribution in [3.63, 3.8) is 0 Å². The third-order valence-electron chi connectivity index (χ3n) is 2.72. The van der Waals surface area contributed by atoms with Crippen LogP contribution in [0.4, 0.5) is 16.2 Å². The van der Waals surface area contributed by atoms with Crippen LogP contribution in [0, 0.1) is 0 Å². The van der Waals surface area contributed by atoms with E-state index in [9.17, 15) is 13.2 Å². The minimum Gasteiger partial charge on any atom is -0.492 e. The van der Waals surface area contributed by atoms with Gasteiger partial charge in [0.05, 0.1) is 17.2 Å². The van der Waals surface area contributed by atoms with Gasteiger partial charge in [-0.25, -0.2) is 13.2 Å². The molecule has 154 valence electrons. The van der Waals surface area contributed by atoms with Crippen LogP contribution in [0.15, 0.2) is 47.6 Å². The first-order valence-electron chi connectivity index (χ1n) is 7.29. The molecule has 0 spiro atoms. The number of halogens is 1. The van der Waals surface area contributed by atoms with Crippen LogP contribution in [0.5, 0.6) is 5.75 Å². The second kappa shape index (κ2) is 10.2. The Morgan fingerprint density at radius 3 is 2.18 bits per heavy atom. The second-order valence-electron chi connectivity index (χ2n) is 4.79. The Balaban J connectivity index is 0.000000696. The lowest BCUT2D eigenvalue weighted by Crippen LogP contribution is -2.20. The third-order valence-corrected chi connectivity index (χ3v) is 4.07. The quantitative estimate of drug-likeness (QED) is 0.391. The van der Waals surface area contributed by atoms with Crippen molar-refractivity contribution in [2.24, 2.45) is 0 Å². The fourth-order valence-corrected chi connectivity index (χ4v) is 2.54. The first kappa shape index (κ1) is 23.6. The zero-order chi connectivity index (χ0) is 21.4. The topological polar surface area (TPSA) is 172 Å². The Hall–Kier alpha value is -2.45. The number of hydrogen-bond donors (Lipinski definition) is 4. The fraction of sp³-hybridized carbons (Fsp3) is 0.143. The van der Waals surface area contributed by atoms with Crippen molar-refractivity contribution in [2.45, 2.75) is 11.8 Å². The van der Waals surface area contributed by atoms with Gasteiger partial charge in [0, 0.05) is 28.8 Å². The standard InChI is InChI=1S/C14H14ClN3O4S.H2O4S/c1-2-22-13-4-3-11(23(15,20)21)9-12(13)18-14(19)17-10-5-7-16-8-6-10;1-5(2,3)4/h3-9H,2H2,1H3,(H2,16,17,18,19);(H2,1,2,3,4). The van der Waals surface area contributed by atoms with Crippen LogP contribution in [0.1, 0.15) is 6.92 Å². The van der Waals surface area contributed by atoms with Crippen LogP contribution in [0.2, 0.25) is 0 Å². The van der Waals surface area contributed by atoms with Gasteiger partial charge in [-0.15, -0.1) is 0 Å². The zero-order valence-electron chi connectivity index (χ0n) is 14.2. The van der Waals surface area contributed by atoms with Crippen LogP contribution < -0.4 is 15.4 Å². The zero-order valence-corrected chi connectivity index (χ0v) is 16.6. The average Bonchev–Trinajstić information content (AvgIpc) is 2.55. The number of amides is 2. The smallest absolute Gasteiger partial charge is 0.394 e. The molecule has 1 heterocycles. The van der Waals surface area contributed by atoms with Gasteiger partial charge >= 0.3 is 16.4 Å². The highest BCUT2D eigenvalue weighted by Gasteiger charge is 2.15. The second-order valence-corrected chi connectivity index (χ2v) is 8.25. The number of rotatable bonds is 5. The van der Waals surface area contributed by atoms with Crippen molar-refractivity contribution < 1.29 is 35.5 Å². The molecule has 0 unspecified atom stereocenters. The largest absolute Gasteiger partial charge is 0.492 e. The van der Waals surface area contributed by atoms with Crippen LogP contribution in [-0.4, -0.2) is 43.6 Å². The van der Waals surface area contributed by atoms with Gasteiger partial charge in [-0.3, -0.25) is 14.1 Å². The van der Waals surface area contributed by atoms with E-state index in [1.54, 1.807) is 19.1 Å². The molecule has 28 heavy (non-hydrogen) atoms. The van der Waals surface area contributed by atoms with E-state index in [0.29, 0.717) is 18.0 Å². The first-order valence-corrected chi connectivity index (χ1v) is 11.0. The molecule has 4 N–H and O–H groups in total. The molecular weight excluding hydrogens is 438 g/mol. The van der Waals surface area contributed by atoms with Crippen LogP contribution in [0.25, 0.3) is 0 Å². The molecule has 0 saturated carbocycles. The Labute approximate surface area is 165 Å². The Morgan fingerprint density at radius 1 is 1.11 bits per heavy atom. The third kappa shape index (κ3) is 9.48. The van der Waals surface area contributed by atoms with Gasteiger partial charge in [-0.2, -0.15) is 8.42 Å². The SMILES string of the molecule is CCOc1ccc(S(=O)(=O)Cl)cc1NC(=O)Nc1ccncc1.O=S(=O)(O)O. The summed E-state index contributed by atoms with van der Waals surface area (Å²) in [6.07, 6.45) is 3.06. The van der Waals surface area contributed by atoms with Crippen LogP contribution in [-0.2, 0) is 19.4 Å². The van der Waals surface area contributed by atoms with Crippen molar-refractivity contribution in [1.29, 1.82) is 0 Å². The highest BCUT2D eigenvalue weighted by atomic mass is 35.7. The van der Waals surface area contributed by atoms with E-state index >= 15 is 0 Å². The number of benzene rings is 1. The van der Waals surface area contributed by atoms with Crippen molar-refractivity contribution in [3.05, 3.63) is 42.7 Å². The molecule has 2 rings (SSSR count). The minimum atomic E-state index is -4.67. The first-order chi connectivity index (χ1) is 12.9. The number of pyridine rings is 1. The van der Waals surface area contributed by atoms with E-state index in [-0.39, 0.29) is 10.6 Å². The van der Waals surface area contributed by atoms with Gasteiger partial charge < -0.3 is 15.4 Å². The van der Waals surface area contributed by atoms with E-state index in [4.69, 9.17) is 32.9 Å². The maximum absolute atomic E-state index is 12.0. The van der Waals surface area contributed by atoms with Crippen molar-refractivity contribution in [1.82, 2.24) is 4.98 Å². The van der Waals surface area contributed by atoms with Crippen LogP contribution in [0.3, 0.4) is 0 Å². The lowest BCUT2D eigenvalue weighted by atomic mass is 10.3. The molecule has 0 fully saturated rings. The van der Waals surface area contributed by atoms with Crippen molar-refractivity contribution in [3.8, 4) is 5.75 Å². The van der Waals surface area contributed by atoms with Crippen LogP contribution >= 0.6 is 10.7 Å². The number of nitrogens with zero attached hydrogens (tertiary/aromatic N) is 1. The lowest BCUT2D eigenvalue weighted by Gasteiger charge is -2.13. The predicted octanol–water partition coefficient (Wildman–Crippen LogP) is 2.40. The van der Waals surface area contributed by atoms with Gasteiger partial charge in [0.25, 0.3) is 9.05 Å². The fourth-order valence-electron chi connectivity index (χ4n) is 1.76. The number of ether oxygens (including phenoxy) is 1. The van der Waals surface area contributed by atoms with Gasteiger partial charge in [-0.05, 0) is 37.3 Å². The van der Waals surface area contributed by atoms with Gasteiger partial charge in [0.15, 0.2) is 0 Å². The molecule has 0 radical (unpaired) electrons. The molecular formula is C14H16ClN3O8S2. The minimum absolute atomic E-state index is 0.137. The van der Waals surface area contributed by atoms with E-state index in [1.165, 1.54) is 30.6 Å². The molecule has 2 amide bonds. The number of anilines is 2. The number of carbonyl (C=O) groups excluding carboxylic acids is 1. The van der Waals surface area contributed by atoms with E-state index < -0.39 is 25.5 Å². The molecule has 0 aliphatic rings. The summed E-state index contributed by atoms with van der Waals surface area (Å²) in [5.74, 6) is 0.335. The Bertz CT molecular complexity index is 1010. The Morgan fingerprint density at radius 2 is 1.68 bits per heavy atom. The molecule has 2 aromatic rings. The summed E-state index contributed by atoms with van der Waals surface area (Å²) in [5.41, 5.74) is 0.733. The number of urea groups is 1. The van der Waals surface area contributed by atoms with Gasteiger partial charge in [0.2, 0.25) is 0 Å². The number of hydrogen-bond acceptors (Lipinski definition) is 7. The summed E-state index contributed by atoms with van der Waals surface area (Å²) in [6, 6.07) is 6.64. The average molecular weight is 454 g/mol. The maximum atomic E-state index is 12.0. The number of nitrogens with one attached hydrogen (secondary N) is 2. The predicted molar refractivity (Wildman–Crippen MR) is 102 cm³/mol. The summed E-state index contributed by atoms with van der Waals surface area (Å²) < 4.78 is 59.8. The monoisotopic (exact) mass is 453 g/mol. The molecule has 0 bridgehead atoms. The van der Waals surface area contributed by atoms with E-state index in [1.807, 2.05) is 0 Å². The highest BCUT2D eigenvalue weighted by Crippen LogP contribution is 2.29. The van der Waals surface area contributed by atoms with Gasteiger partial charge in [0.1, 0.15) is 5.75 Å². The summed E-state index contributed by atoms with van der Waals surface area (Å²) in [7, 11) is -3.26. The van der Waals surface area contributed by atoms with E-state index in [2.05, 4.69) is 15.6 Å². The van der Waals surface area contributed by atoms with Crippen molar-refractivity contribution in [2.75, 3.05) is 17.2 Å². The molecule has 0 saturated heterocycles. The molecule has 0 aliphatic heterocycles. The lowest BCUT2D eigenvalue weighted by molar-refractivity contribution is 0.262. The molecule has 11 nitrogen and oxygen atoms in total. The molecule has 14 heteroatoms. The summed E-state index contributed by atoms with van der Waals surface area (Å²) in [4.78, 5) is 15.7. The van der Waals surface area contributed by atoms with E-state index in [0.717, 1.165) is 0 Å². The molecule has 1 aromatic carbocycles. The highest BCUT2D eigenvalue weighted by molar-refractivity contribution is 8.13. The maximum Gasteiger partial charge on any atom is 0.394 e. The van der Waals surface area contributed by atoms with Gasteiger partial charge in [-0.1, -0.05) is 0 Å². The normalized spacial score (nSPS) is 11.0. The Kier molecular flexibility index (Phi) is 8.59. The number of aromatic nitrogens is 1. The number of carbonyl (C=O) groups is 1. The summed E-state index contributed by atoms with van der Waals surface area (Å²) in [6.45, 7) is 2.13. The molecule has 1 aromatic heterocycles. The van der Waals surface area contributed by atoms with Crippen molar-refractivity contribution >= 4 is 47.5 Å². The molecule has 0 aliphatic carbocycles. The molecule has 0 atom stereocenters.